The van der Waals surface area contributed by atoms with Crippen molar-refractivity contribution >= 4 is 23.7 Å². The number of nitrogens with one attached hydrogen (secondary N) is 2. The first-order chi connectivity index (χ1) is 16.6. The third-order valence-corrected chi connectivity index (χ3v) is 5.00. The Morgan fingerprint density at radius 2 is 1.38 bits per heavy atom. The molecule has 3 rings (SSSR count). The number of carbonyl (C=O) groups excluding carboxylic acids is 2. The highest BCUT2D eigenvalue weighted by Gasteiger charge is 2.06. The molecule has 7 heteroatoms. The van der Waals surface area contributed by atoms with Crippen molar-refractivity contribution in [3.63, 3.8) is 0 Å². The maximum Gasteiger partial charge on any atom is 0.240 e. The van der Waals surface area contributed by atoms with Gasteiger partial charge >= 0.3 is 0 Å². The van der Waals surface area contributed by atoms with Crippen LogP contribution in [-0.2, 0) is 9.59 Å². The number of amides is 2. The number of nitrogens with zero attached hydrogens (tertiary/aromatic N) is 1. The van der Waals surface area contributed by atoms with Gasteiger partial charge in [-0.3, -0.25) is 9.59 Å². The van der Waals surface area contributed by atoms with E-state index in [2.05, 4.69) is 15.8 Å². The number of ether oxygens (including phenoxy) is 1. The van der Waals surface area contributed by atoms with Crippen LogP contribution in [0.25, 0.3) is 0 Å². The molecular weight excluding hydrogens is 430 g/mol. The zero-order chi connectivity index (χ0) is 24.0. The largest absolute Gasteiger partial charge is 0.506 e. The van der Waals surface area contributed by atoms with Gasteiger partial charge in [-0.25, -0.2) is 5.43 Å². The van der Waals surface area contributed by atoms with Crippen molar-refractivity contribution in [2.45, 2.75) is 38.5 Å². The SMILES string of the molecule is O=C(CCCCCCC(=O)Nc1ccccc1O)N/N=C/c1ccc(Oc2ccccc2)cc1. The van der Waals surface area contributed by atoms with Gasteiger partial charge in [0.05, 0.1) is 11.9 Å². The van der Waals surface area contributed by atoms with Crippen LogP contribution in [0.1, 0.15) is 44.1 Å². The molecule has 0 saturated heterocycles. The fourth-order valence-electron chi connectivity index (χ4n) is 3.20. The predicted molar refractivity (Wildman–Crippen MR) is 133 cm³/mol. The Bertz CT molecular complexity index is 1080. The number of hydrogen-bond acceptors (Lipinski definition) is 5. The van der Waals surface area contributed by atoms with Gasteiger partial charge in [-0.15, -0.1) is 0 Å². The topological polar surface area (TPSA) is 100 Å². The molecule has 0 aliphatic carbocycles. The normalized spacial score (nSPS) is 10.7. The van der Waals surface area contributed by atoms with E-state index in [-0.39, 0.29) is 17.6 Å². The molecule has 3 N–H and O–H groups in total. The van der Waals surface area contributed by atoms with Crippen molar-refractivity contribution < 1.29 is 19.4 Å². The average molecular weight is 460 g/mol. The van der Waals surface area contributed by atoms with E-state index >= 15 is 0 Å². The van der Waals surface area contributed by atoms with Crippen LogP contribution in [0.15, 0.2) is 84.0 Å². The maximum absolute atomic E-state index is 11.9. The summed E-state index contributed by atoms with van der Waals surface area (Å²) >= 11 is 0. The zero-order valence-corrected chi connectivity index (χ0v) is 18.9. The van der Waals surface area contributed by atoms with Crippen LogP contribution in [0.2, 0.25) is 0 Å². The van der Waals surface area contributed by atoms with Crippen molar-refractivity contribution in [1.82, 2.24) is 5.43 Å². The molecule has 34 heavy (non-hydrogen) atoms. The van der Waals surface area contributed by atoms with E-state index in [1.807, 2.05) is 54.6 Å². The number of rotatable bonds is 12. The number of aromatic hydroxyl groups is 1. The van der Waals surface area contributed by atoms with Gasteiger partial charge in [0, 0.05) is 12.8 Å². The summed E-state index contributed by atoms with van der Waals surface area (Å²) < 4.78 is 5.75. The van der Waals surface area contributed by atoms with E-state index in [0.29, 0.717) is 18.5 Å². The summed E-state index contributed by atoms with van der Waals surface area (Å²) in [6, 6.07) is 23.6. The van der Waals surface area contributed by atoms with Gasteiger partial charge in [0.1, 0.15) is 17.2 Å². The highest BCUT2D eigenvalue weighted by molar-refractivity contribution is 5.92. The van der Waals surface area contributed by atoms with Crippen LogP contribution < -0.4 is 15.5 Å². The molecule has 0 fully saturated rings. The van der Waals surface area contributed by atoms with Crippen LogP contribution in [0, 0.1) is 0 Å². The molecule has 0 radical (unpaired) electrons. The van der Waals surface area contributed by atoms with E-state index < -0.39 is 0 Å². The molecule has 176 valence electrons. The minimum absolute atomic E-state index is 0.0543. The van der Waals surface area contributed by atoms with Crippen LogP contribution in [0.3, 0.4) is 0 Å². The van der Waals surface area contributed by atoms with Gasteiger partial charge in [-0.1, -0.05) is 43.2 Å². The van der Waals surface area contributed by atoms with E-state index in [9.17, 15) is 14.7 Å². The summed E-state index contributed by atoms with van der Waals surface area (Å²) in [7, 11) is 0. The first-order valence-corrected chi connectivity index (χ1v) is 11.3. The smallest absolute Gasteiger partial charge is 0.240 e. The Hall–Kier alpha value is -4.13. The monoisotopic (exact) mass is 459 g/mol. The van der Waals surface area contributed by atoms with Gasteiger partial charge in [0.2, 0.25) is 11.8 Å². The van der Waals surface area contributed by atoms with Crippen LogP contribution in [0.5, 0.6) is 17.2 Å². The lowest BCUT2D eigenvalue weighted by molar-refractivity contribution is -0.121. The van der Waals surface area contributed by atoms with Crippen LogP contribution >= 0.6 is 0 Å². The average Bonchev–Trinajstić information content (AvgIpc) is 2.84. The number of carbonyl (C=O) groups is 2. The molecule has 0 spiro atoms. The number of unbranched alkanes of at least 4 members (excludes halogenated alkanes) is 3. The molecule has 7 nitrogen and oxygen atoms in total. The van der Waals surface area contributed by atoms with Crippen molar-refractivity contribution in [3.8, 4) is 17.2 Å². The minimum Gasteiger partial charge on any atom is -0.506 e. The molecule has 2 amide bonds. The number of phenols is 1. The molecule has 0 aromatic heterocycles. The summed E-state index contributed by atoms with van der Waals surface area (Å²) in [6.07, 6.45) is 5.50. The molecule has 0 aliphatic rings. The third kappa shape index (κ3) is 8.78. The first-order valence-electron chi connectivity index (χ1n) is 11.3. The molecule has 0 unspecified atom stereocenters. The van der Waals surface area contributed by atoms with E-state index in [0.717, 1.165) is 42.7 Å². The summed E-state index contributed by atoms with van der Waals surface area (Å²) in [5, 5.41) is 16.4. The third-order valence-electron chi connectivity index (χ3n) is 5.00. The Morgan fingerprint density at radius 3 is 2.09 bits per heavy atom. The van der Waals surface area contributed by atoms with Crippen molar-refractivity contribution in [3.05, 3.63) is 84.4 Å². The second-order valence-corrected chi connectivity index (χ2v) is 7.76. The van der Waals surface area contributed by atoms with Crippen molar-refractivity contribution in [2.24, 2.45) is 5.10 Å². The molecule has 0 bridgehead atoms. The first kappa shape index (κ1) is 24.5. The van der Waals surface area contributed by atoms with Gasteiger partial charge in [-0.2, -0.15) is 5.10 Å². The maximum atomic E-state index is 11.9. The Balaban J connectivity index is 1.25. The number of benzene rings is 3. The standard InChI is InChI=1S/C27H29N3O4/c31-25-13-9-8-12-24(25)29-26(32)14-6-1-2-7-15-27(33)30-28-20-21-16-18-23(19-17-21)34-22-10-4-3-5-11-22/h3-5,8-13,16-20,31H,1-2,6-7,14-15H2,(H,29,32)(H,30,33)/b28-20+. The fourth-order valence-corrected chi connectivity index (χ4v) is 3.20. The van der Waals surface area contributed by atoms with Crippen LogP contribution in [-0.4, -0.2) is 23.1 Å². The Kier molecular flexibility index (Phi) is 9.68. The molecule has 3 aromatic rings. The second-order valence-electron chi connectivity index (χ2n) is 7.76. The van der Waals surface area contributed by atoms with Gasteiger partial charge in [0.25, 0.3) is 0 Å². The number of anilines is 1. The number of hydrazone groups is 1. The number of hydrogen-bond donors (Lipinski definition) is 3. The second kappa shape index (κ2) is 13.4. The van der Waals surface area contributed by atoms with Crippen molar-refractivity contribution in [1.29, 1.82) is 0 Å². The van der Waals surface area contributed by atoms with Gasteiger partial charge in [-0.05, 0) is 66.9 Å². The van der Waals surface area contributed by atoms with Crippen molar-refractivity contribution in [2.75, 3.05) is 5.32 Å². The summed E-state index contributed by atoms with van der Waals surface area (Å²) in [5.74, 6) is 1.28. The number of para-hydroxylation sites is 3. The lowest BCUT2D eigenvalue weighted by atomic mass is 10.1. The van der Waals surface area contributed by atoms with Gasteiger partial charge in [0.15, 0.2) is 0 Å². The lowest BCUT2D eigenvalue weighted by Gasteiger charge is -2.06. The quantitative estimate of drug-likeness (QED) is 0.142. The van der Waals surface area contributed by atoms with E-state index in [1.54, 1.807) is 24.4 Å². The molecular formula is C27H29N3O4. The summed E-state index contributed by atoms with van der Waals surface area (Å²) in [4.78, 5) is 23.9. The molecule has 0 atom stereocenters. The predicted octanol–water partition coefficient (Wildman–Crippen LogP) is 5.61. The zero-order valence-electron chi connectivity index (χ0n) is 18.9. The molecule has 0 aliphatic heterocycles. The lowest BCUT2D eigenvalue weighted by Crippen LogP contribution is -2.16. The fraction of sp³-hybridized carbons (Fsp3) is 0.222. The molecule has 0 saturated carbocycles. The molecule has 0 heterocycles. The Labute approximate surface area is 199 Å². The summed E-state index contributed by atoms with van der Waals surface area (Å²) in [5.41, 5.74) is 3.81. The highest BCUT2D eigenvalue weighted by Crippen LogP contribution is 2.22. The van der Waals surface area contributed by atoms with Gasteiger partial charge < -0.3 is 15.2 Å². The van der Waals surface area contributed by atoms with Crippen LogP contribution in [0.4, 0.5) is 5.69 Å². The minimum atomic E-state index is -0.141. The Morgan fingerprint density at radius 1 is 0.765 bits per heavy atom. The summed E-state index contributed by atoms with van der Waals surface area (Å²) in [6.45, 7) is 0. The molecule has 3 aromatic carbocycles. The van der Waals surface area contributed by atoms with E-state index in [4.69, 9.17) is 4.74 Å². The van der Waals surface area contributed by atoms with E-state index in [1.165, 1.54) is 6.07 Å². The highest BCUT2D eigenvalue weighted by atomic mass is 16.5. The number of phenolic OH excluding ortho intramolecular Hbond substituents is 1.